The molecule has 1 heterocycles. The Bertz CT molecular complexity index is 554. The smallest absolute Gasteiger partial charge is 0.260 e. The summed E-state index contributed by atoms with van der Waals surface area (Å²) < 4.78 is 26.4. The first-order valence-corrected chi connectivity index (χ1v) is 6.65. The molecule has 0 unspecified atom stereocenters. The number of sulfonamides is 1. The summed E-state index contributed by atoms with van der Waals surface area (Å²) in [4.78, 5) is 14.6. The lowest BCUT2D eigenvalue weighted by atomic mass is 10.0. The molecule has 18 heavy (non-hydrogen) atoms. The maximum absolute atomic E-state index is 12.0. The summed E-state index contributed by atoms with van der Waals surface area (Å²) in [5, 5.41) is -0.262. The van der Waals surface area contributed by atoms with Crippen LogP contribution in [0.1, 0.15) is 20.3 Å². The van der Waals surface area contributed by atoms with Crippen molar-refractivity contribution in [2.45, 2.75) is 30.8 Å². The Hall–Kier alpha value is -1.67. The van der Waals surface area contributed by atoms with Gasteiger partial charge < -0.3 is 11.5 Å². The molecular weight excluding hydrogens is 256 g/mol. The highest BCUT2D eigenvalue weighted by Crippen LogP contribution is 2.18. The topological polar surface area (TPSA) is 128 Å². The van der Waals surface area contributed by atoms with E-state index in [0.29, 0.717) is 0 Å². The molecule has 7 nitrogen and oxygen atoms in total. The number of nitrogen functional groups attached to an aromatic ring is 1. The van der Waals surface area contributed by atoms with Gasteiger partial charge in [0.25, 0.3) is 10.0 Å². The molecule has 0 saturated carbocycles. The van der Waals surface area contributed by atoms with Gasteiger partial charge in [-0.25, -0.2) is 18.1 Å². The van der Waals surface area contributed by atoms with E-state index in [4.69, 9.17) is 11.5 Å². The molecule has 0 aromatic carbocycles. The molecule has 0 saturated heterocycles. The first-order valence-electron chi connectivity index (χ1n) is 5.17. The number of nitrogens with zero attached hydrogens (tertiary/aromatic N) is 1. The number of anilines is 1. The molecule has 1 amide bonds. The number of carbonyl (C=O) groups excluding carboxylic acids is 1. The van der Waals surface area contributed by atoms with Gasteiger partial charge in [-0.1, -0.05) is 0 Å². The highest BCUT2D eigenvalue weighted by Gasteiger charge is 2.29. The van der Waals surface area contributed by atoms with Crippen molar-refractivity contribution in [3.63, 3.8) is 0 Å². The largest absolute Gasteiger partial charge is 0.396 e. The third kappa shape index (κ3) is 3.67. The van der Waals surface area contributed by atoms with Crippen LogP contribution >= 0.6 is 0 Å². The maximum atomic E-state index is 12.0. The van der Waals surface area contributed by atoms with Gasteiger partial charge >= 0.3 is 0 Å². The molecule has 5 N–H and O–H groups in total. The average molecular weight is 272 g/mol. The normalized spacial score (nSPS) is 12.3. The lowest BCUT2D eigenvalue weighted by molar-refractivity contribution is -0.119. The number of primary amides is 1. The van der Waals surface area contributed by atoms with Gasteiger partial charge in [0.05, 0.1) is 5.69 Å². The second-order valence-electron chi connectivity index (χ2n) is 4.53. The number of nitrogens with two attached hydrogens (primary N) is 2. The van der Waals surface area contributed by atoms with Crippen LogP contribution in [0.25, 0.3) is 0 Å². The maximum Gasteiger partial charge on any atom is 0.260 e. The Labute approximate surface area is 106 Å². The summed E-state index contributed by atoms with van der Waals surface area (Å²) in [7, 11) is -3.89. The van der Waals surface area contributed by atoms with Gasteiger partial charge in [0, 0.05) is 18.2 Å². The van der Waals surface area contributed by atoms with Crippen LogP contribution in [-0.4, -0.2) is 24.8 Å². The number of carbonyl (C=O) groups is 1. The Morgan fingerprint density at radius 1 is 1.50 bits per heavy atom. The van der Waals surface area contributed by atoms with E-state index in [9.17, 15) is 13.2 Å². The number of amides is 1. The molecule has 1 rings (SSSR count). The van der Waals surface area contributed by atoms with Crippen LogP contribution in [0.2, 0.25) is 0 Å². The Balaban J connectivity index is 3.03. The van der Waals surface area contributed by atoms with E-state index in [1.807, 2.05) is 0 Å². The van der Waals surface area contributed by atoms with E-state index in [1.165, 1.54) is 18.3 Å². The van der Waals surface area contributed by atoms with Gasteiger partial charge in [-0.05, 0) is 26.0 Å². The zero-order valence-corrected chi connectivity index (χ0v) is 11.0. The van der Waals surface area contributed by atoms with Gasteiger partial charge in [0.2, 0.25) is 5.91 Å². The Morgan fingerprint density at radius 3 is 2.61 bits per heavy atom. The summed E-state index contributed by atoms with van der Waals surface area (Å²) >= 11 is 0. The van der Waals surface area contributed by atoms with Gasteiger partial charge in [0.15, 0.2) is 5.03 Å². The number of hydrogen-bond donors (Lipinski definition) is 3. The first-order chi connectivity index (χ1) is 8.14. The summed E-state index contributed by atoms with van der Waals surface area (Å²) in [6.45, 7) is 3.10. The second kappa shape index (κ2) is 4.91. The molecule has 0 radical (unpaired) electrons. The second-order valence-corrected chi connectivity index (χ2v) is 6.13. The molecule has 0 atom stereocenters. The molecule has 100 valence electrons. The summed E-state index contributed by atoms with van der Waals surface area (Å²) in [5.41, 5.74) is 9.64. The molecular formula is C10H16N4O3S. The molecule has 0 aliphatic rings. The third-order valence-electron chi connectivity index (χ3n) is 2.08. The number of hydrogen-bond acceptors (Lipinski definition) is 5. The molecule has 0 aliphatic carbocycles. The van der Waals surface area contributed by atoms with Crippen LogP contribution in [-0.2, 0) is 14.8 Å². The van der Waals surface area contributed by atoms with E-state index in [0.717, 1.165) is 0 Å². The molecule has 1 aromatic heterocycles. The molecule has 0 spiro atoms. The fourth-order valence-corrected chi connectivity index (χ4v) is 2.99. The SMILES string of the molecule is CC(C)(CC(N)=O)NS(=O)(=O)c1ncccc1N. The number of pyridine rings is 1. The summed E-state index contributed by atoms with van der Waals surface area (Å²) in [5.74, 6) is -0.600. The Morgan fingerprint density at radius 2 is 2.11 bits per heavy atom. The van der Waals surface area contributed by atoms with Crippen molar-refractivity contribution in [2.75, 3.05) is 5.73 Å². The fraction of sp³-hybridized carbons (Fsp3) is 0.400. The predicted molar refractivity (Wildman–Crippen MR) is 66.9 cm³/mol. The van der Waals surface area contributed by atoms with Crippen LogP contribution in [0.3, 0.4) is 0 Å². The van der Waals surface area contributed by atoms with Crippen LogP contribution in [0.4, 0.5) is 5.69 Å². The minimum absolute atomic E-state index is 0.0416. The minimum atomic E-state index is -3.89. The quantitative estimate of drug-likeness (QED) is 0.671. The van der Waals surface area contributed by atoms with E-state index >= 15 is 0 Å². The Kier molecular flexibility index (Phi) is 3.92. The minimum Gasteiger partial charge on any atom is -0.396 e. The van der Waals surface area contributed by atoms with Gasteiger partial charge in [-0.3, -0.25) is 4.79 Å². The van der Waals surface area contributed by atoms with Crippen molar-refractivity contribution in [1.29, 1.82) is 0 Å². The van der Waals surface area contributed by atoms with E-state index in [-0.39, 0.29) is 17.1 Å². The van der Waals surface area contributed by atoms with E-state index in [2.05, 4.69) is 9.71 Å². The third-order valence-corrected chi connectivity index (χ3v) is 3.75. The van der Waals surface area contributed by atoms with Gasteiger partial charge in [-0.15, -0.1) is 0 Å². The van der Waals surface area contributed by atoms with Crippen LogP contribution in [0, 0.1) is 0 Å². The molecule has 0 fully saturated rings. The predicted octanol–water partition coefficient (Wildman–Crippen LogP) is -0.404. The van der Waals surface area contributed by atoms with Gasteiger partial charge in [0.1, 0.15) is 0 Å². The molecule has 0 bridgehead atoms. The lowest BCUT2D eigenvalue weighted by Gasteiger charge is -2.24. The van der Waals surface area contributed by atoms with Crippen molar-refractivity contribution >= 4 is 21.6 Å². The fourth-order valence-electron chi connectivity index (χ4n) is 1.51. The van der Waals surface area contributed by atoms with E-state index in [1.54, 1.807) is 13.8 Å². The standard InChI is InChI=1S/C10H16N4O3S/c1-10(2,6-8(12)15)14-18(16,17)9-7(11)4-3-5-13-9/h3-5,14H,6,11H2,1-2H3,(H2,12,15). The zero-order valence-electron chi connectivity index (χ0n) is 10.2. The van der Waals surface area contributed by atoms with E-state index < -0.39 is 21.5 Å². The van der Waals surface area contributed by atoms with Crippen molar-refractivity contribution in [3.8, 4) is 0 Å². The van der Waals surface area contributed by atoms with Crippen molar-refractivity contribution in [2.24, 2.45) is 5.73 Å². The van der Waals surface area contributed by atoms with Crippen molar-refractivity contribution < 1.29 is 13.2 Å². The van der Waals surface area contributed by atoms with Crippen molar-refractivity contribution in [1.82, 2.24) is 9.71 Å². The molecule has 8 heteroatoms. The lowest BCUT2D eigenvalue weighted by Crippen LogP contribution is -2.46. The number of nitrogens with one attached hydrogen (secondary N) is 1. The molecule has 0 aliphatic heterocycles. The first kappa shape index (κ1) is 14.4. The summed E-state index contributed by atoms with van der Waals surface area (Å²) in [6.07, 6.45) is 1.20. The highest BCUT2D eigenvalue weighted by atomic mass is 32.2. The van der Waals surface area contributed by atoms with Crippen LogP contribution in [0.15, 0.2) is 23.4 Å². The van der Waals surface area contributed by atoms with Crippen LogP contribution < -0.4 is 16.2 Å². The summed E-state index contributed by atoms with van der Waals surface area (Å²) in [6, 6.07) is 2.96. The zero-order chi connectivity index (χ0) is 14.0. The van der Waals surface area contributed by atoms with Gasteiger partial charge in [-0.2, -0.15) is 0 Å². The highest BCUT2D eigenvalue weighted by molar-refractivity contribution is 7.89. The van der Waals surface area contributed by atoms with Crippen LogP contribution in [0.5, 0.6) is 0 Å². The molecule has 1 aromatic rings. The number of rotatable bonds is 5. The van der Waals surface area contributed by atoms with Crippen molar-refractivity contribution in [3.05, 3.63) is 18.3 Å². The monoisotopic (exact) mass is 272 g/mol. The number of aromatic nitrogens is 1. The average Bonchev–Trinajstić information content (AvgIpc) is 2.13.